The summed E-state index contributed by atoms with van der Waals surface area (Å²) >= 11 is 0. The molecule has 0 bridgehead atoms. The third-order valence-corrected chi connectivity index (χ3v) is 6.16. The average Bonchev–Trinajstić information content (AvgIpc) is 3.32. The Hall–Kier alpha value is -3.13. The Bertz CT molecular complexity index is 1120. The molecule has 1 amide bonds. The van der Waals surface area contributed by atoms with Gasteiger partial charge in [-0.25, -0.2) is 19.0 Å². The zero-order valence-electron chi connectivity index (χ0n) is 17.7. The molecular weight excluding hydrogens is 395 g/mol. The molecule has 8 heteroatoms. The first-order chi connectivity index (χ1) is 15.0. The molecule has 2 aliphatic rings. The van der Waals surface area contributed by atoms with Gasteiger partial charge in [0.15, 0.2) is 0 Å². The largest absolute Gasteiger partial charge is 0.337 e. The van der Waals surface area contributed by atoms with Crippen molar-refractivity contribution >= 4 is 5.91 Å². The van der Waals surface area contributed by atoms with Crippen LogP contribution in [0.5, 0.6) is 0 Å². The lowest BCUT2D eigenvalue weighted by Gasteiger charge is -2.20. The fraction of sp³-hybridized carbons (Fsp3) is 0.391. The molecule has 1 saturated heterocycles. The average molecular weight is 420 g/mol. The van der Waals surface area contributed by atoms with E-state index in [2.05, 4.69) is 20.0 Å². The molecule has 0 radical (unpaired) electrons. The van der Waals surface area contributed by atoms with Crippen molar-refractivity contribution in [1.29, 1.82) is 0 Å². The van der Waals surface area contributed by atoms with Crippen molar-refractivity contribution in [3.8, 4) is 17.2 Å². The summed E-state index contributed by atoms with van der Waals surface area (Å²) in [6.45, 7) is 1.47. The van der Waals surface area contributed by atoms with Gasteiger partial charge in [-0.15, -0.1) is 0 Å². The van der Waals surface area contributed by atoms with E-state index in [-0.39, 0.29) is 17.6 Å². The van der Waals surface area contributed by atoms with Gasteiger partial charge in [0.05, 0.1) is 23.1 Å². The quantitative estimate of drug-likeness (QED) is 0.635. The molecule has 1 aliphatic heterocycles. The van der Waals surface area contributed by atoms with Crippen molar-refractivity contribution in [1.82, 2.24) is 29.5 Å². The molecule has 31 heavy (non-hydrogen) atoms. The number of halogens is 1. The van der Waals surface area contributed by atoms with Gasteiger partial charge < -0.3 is 9.80 Å². The van der Waals surface area contributed by atoms with E-state index < -0.39 is 0 Å². The van der Waals surface area contributed by atoms with Crippen molar-refractivity contribution in [2.24, 2.45) is 0 Å². The van der Waals surface area contributed by atoms with E-state index in [1.54, 1.807) is 41.3 Å². The lowest BCUT2D eigenvalue weighted by atomic mass is 10.1. The van der Waals surface area contributed by atoms with Crippen LogP contribution < -0.4 is 0 Å². The van der Waals surface area contributed by atoms with Crippen molar-refractivity contribution in [3.05, 3.63) is 59.8 Å². The Kier molecular flexibility index (Phi) is 5.02. The number of hydrogen-bond acceptors (Lipinski definition) is 5. The Balaban J connectivity index is 1.49. The van der Waals surface area contributed by atoms with Gasteiger partial charge in [-0.3, -0.25) is 4.79 Å². The Morgan fingerprint density at radius 2 is 1.97 bits per heavy atom. The van der Waals surface area contributed by atoms with Crippen molar-refractivity contribution in [2.45, 2.75) is 31.2 Å². The second kappa shape index (κ2) is 7.85. The van der Waals surface area contributed by atoms with Gasteiger partial charge in [0.25, 0.3) is 11.9 Å². The van der Waals surface area contributed by atoms with Crippen LogP contribution in [-0.2, 0) is 0 Å². The highest BCUT2D eigenvalue weighted by Crippen LogP contribution is 2.42. The van der Waals surface area contributed by atoms with Crippen LogP contribution in [0.15, 0.2) is 42.7 Å². The highest BCUT2D eigenvalue weighted by molar-refractivity contribution is 5.95. The van der Waals surface area contributed by atoms with Crippen LogP contribution in [0.3, 0.4) is 0 Å². The van der Waals surface area contributed by atoms with Gasteiger partial charge >= 0.3 is 0 Å². The maximum absolute atomic E-state index is 14.3. The lowest BCUT2D eigenvalue weighted by molar-refractivity contribution is 0.0782. The van der Waals surface area contributed by atoms with Crippen molar-refractivity contribution in [2.75, 3.05) is 27.2 Å². The maximum atomic E-state index is 14.3. The van der Waals surface area contributed by atoms with E-state index in [9.17, 15) is 9.18 Å². The molecule has 3 aromatic rings. The number of likely N-dealkylation sites (tertiary alicyclic amines) is 1. The van der Waals surface area contributed by atoms with E-state index in [1.807, 2.05) is 19.0 Å². The third kappa shape index (κ3) is 3.72. The number of carbonyl (C=O) groups is 1. The lowest BCUT2D eigenvalue weighted by Crippen LogP contribution is -2.34. The van der Waals surface area contributed by atoms with Gasteiger partial charge in [0.2, 0.25) is 0 Å². The third-order valence-electron chi connectivity index (χ3n) is 6.16. The Labute approximate surface area is 180 Å². The summed E-state index contributed by atoms with van der Waals surface area (Å²) in [6, 6.07) is 8.59. The van der Waals surface area contributed by atoms with Crippen LogP contribution in [0.1, 0.15) is 41.2 Å². The normalized spacial score (nSPS) is 18.7. The summed E-state index contributed by atoms with van der Waals surface area (Å²) in [4.78, 5) is 26.3. The molecule has 3 heterocycles. The number of aromatic nitrogens is 4. The second-order valence-electron chi connectivity index (χ2n) is 8.51. The first kappa shape index (κ1) is 19.8. The molecule has 5 rings (SSSR count). The van der Waals surface area contributed by atoms with E-state index in [1.165, 1.54) is 6.07 Å². The fourth-order valence-corrected chi connectivity index (χ4v) is 4.22. The van der Waals surface area contributed by atoms with Crippen molar-refractivity contribution in [3.63, 3.8) is 0 Å². The molecule has 1 saturated carbocycles. The van der Waals surface area contributed by atoms with Crippen LogP contribution >= 0.6 is 0 Å². The number of hydrogen-bond donors (Lipinski definition) is 0. The van der Waals surface area contributed by atoms with E-state index in [4.69, 9.17) is 0 Å². The number of nitrogens with zero attached hydrogens (tertiary/aromatic N) is 6. The summed E-state index contributed by atoms with van der Waals surface area (Å²) in [5, 5.41) is 4.49. The van der Waals surface area contributed by atoms with Crippen LogP contribution in [0.2, 0.25) is 0 Å². The minimum Gasteiger partial charge on any atom is -0.337 e. The maximum Gasteiger partial charge on any atom is 0.257 e. The fourth-order valence-electron chi connectivity index (χ4n) is 4.22. The number of rotatable bonds is 5. The molecule has 0 N–H and O–H groups in total. The van der Waals surface area contributed by atoms with Gasteiger partial charge in [0.1, 0.15) is 5.82 Å². The predicted molar refractivity (Wildman–Crippen MR) is 115 cm³/mol. The Morgan fingerprint density at radius 3 is 2.68 bits per heavy atom. The topological polar surface area (TPSA) is 67.2 Å². The minimum absolute atomic E-state index is 0.0164. The van der Waals surface area contributed by atoms with E-state index >= 15 is 0 Å². The molecule has 160 valence electrons. The molecule has 1 atom stereocenters. The van der Waals surface area contributed by atoms with Crippen molar-refractivity contribution < 1.29 is 9.18 Å². The van der Waals surface area contributed by atoms with Gasteiger partial charge in [-0.1, -0.05) is 12.1 Å². The SMILES string of the molecule is CN(C)[C@H]1CCN(C(=O)c2cnn(-c3nccc(-c4ccccc4F)n3)c2C2CC2)C1. The van der Waals surface area contributed by atoms with Crippen LogP contribution in [-0.4, -0.2) is 68.7 Å². The highest BCUT2D eigenvalue weighted by atomic mass is 19.1. The summed E-state index contributed by atoms with van der Waals surface area (Å²) in [6.07, 6.45) is 6.24. The smallest absolute Gasteiger partial charge is 0.257 e. The summed E-state index contributed by atoms with van der Waals surface area (Å²) in [7, 11) is 4.10. The summed E-state index contributed by atoms with van der Waals surface area (Å²) in [5.41, 5.74) is 2.39. The molecule has 1 aromatic carbocycles. The minimum atomic E-state index is -0.338. The van der Waals surface area contributed by atoms with Gasteiger partial charge in [-0.2, -0.15) is 5.10 Å². The summed E-state index contributed by atoms with van der Waals surface area (Å²) < 4.78 is 15.9. The molecule has 2 aromatic heterocycles. The number of carbonyl (C=O) groups excluding carboxylic acids is 1. The second-order valence-corrected chi connectivity index (χ2v) is 8.51. The first-order valence-corrected chi connectivity index (χ1v) is 10.6. The standard InChI is InChI=1S/C23H25FN6O/c1-28(2)16-10-12-29(14-16)22(31)18-13-26-30(21(18)15-7-8-15)23-25-11-9-20(27-23)17-5-3-4-6-19(17)24/h3-6,9,11,13,15-16H,7-8,10,12,14H2,1-2H3/t16-/m0/s1. The van der Waals surface area contributed by atoms with Gasteiger partial charge in [0, 0.05) is 36.8 Å². The molecular formula is C23H25FN6O. The molecule has 0 unspecified atom stereocenters. The zero-order valence-corrected chi connectivity index (χ0v) is 17.7. The number of benzene rings is 1. The molecule has 7 nitrogen and oxygen atoms in total. The van der Waals surface area contributed by atoms with Crippen LogP contribution in [0.25, 0.3) is 17.2 Å². The highest BCUT2D eigenvalue weighted by Gasteiger charge is 2.36. The summed E-state index contributed by atoms with van der Waals surface area (Å²) in [5.74, 6) is 0.307. The van der Waals surface area contributed by atoms with Crippen LogP contribution in [0, 0.1) is 5.82 Å². The van der Waals surface area contributed by atoms with E-state index in [0.717, 1.165) is 38.0 Å². The van der Waals surface area contributed by atoms with Crippen LogP contribution in [0.4, 0.5) is 4.39 Å². The number of likely N-dealkylation sites (N-methyl/N-ethyl adjacent to an activating group) is 1. The monoisotopic (exact) mass is 420 g/mol. The van der Waals surface area contributed by atoms with Gasteiger partial charge in [-0.05, 0) is 51.6 Å². The first-order valence-electron chi connectivity index (χ1n) is 10.6. The predicted octanol–water partition coefficient (Wildman–Crippen LogP) is 3.12. The van der Waals surface area contributed by atoms with E-state index in [0.29, 0.717) is 28.8 Å². The molecule has 2 fully saturated rings. The molecule has 1 aliphatic carbocycles. The number of amides is 1. The molecule has 0 spiro atoms. The zero-order chi connectivity index (χ0) is 21.5. The Morgan fingerprint density at radius 1 is 1.16 bits per heavy atom.